The van der Waals surface area contributed by atoms with Gasteiger partial charge in [0, 0.05) is 6.54 Å². The third kappa shape index (κ3) is 4.09. The van der Waals surface area contributed by atoms with Crippen molar-refractivity contribution in [2.75, 3.05) is 6.54 Å². The summed E-state index contributed by atoms with van der Waals surface area (Å²) in [6, 6.07) is 0. The molecule has 0 unspecified atom stereocenters. The highest BCUT2D eigenvalue weighted by Crippen LogP contribution is 1.84. The van der Waals surface area contributed by atoms with Gasteiger partial charge >= 0.3 is 0 Å². The van der Waals surface area contributed by atoms with Gasteiger partial charge in [0.1, 0.15) is 6.10 Å². The molecule has 2 N–H and O–H groups in total. The van der Waals surface area contributed by atoms with Gasteiger partial charge in [-0.1, -0.05) is 12.2 Å². The van der Waals surface area contributed by atoms with Crippen LogP contribution in [-0.2, 0) is 4.79 Å². The normalized spacial score (nSPS) is 12.3. The molecule has 0 saturated heterocycles. The first-order valence-corrected chi connectivity index (χ1v) is 3.14. The van der Waals surface area contributed by atoms with Crippen LogP contribution in [0.2, 0.25) is 0 Å². The van der Waals surface area contributed by atoms with Crippen molar-refractivity contribution >= 4 is 5.91 Å². The fraction of sp³-hybridized carbons (Fsp3) is 0.571. The van der Waals surface area contributed by atoms with Gasteiger partial charge in [-0.2, -0.15) is 0 Å². The number of hydrogen-bond acceptors (Lipinski definition) is 2. The minimum Gasteiger partial charge on any atom is -0.384 e. The molecule has 0 aromatic rings. The lowest BCUT2D eigenvalue weighted by Crippen LogP contribution is -2.33. The van der Waals surface area contributed by atoms with Gasteiger partial charge in [-0.3, -0.25) is 4.79 Å². The summed E-state index contributed by atoms with van der Waals surface area (Å²) in [7, 11) is 0. The number of aliphatic hydroxyl groups is 1. The molecule has 0 aliphatic rings. The van der Waals surface area contributed by atoms with Crippen LogP contribution in [-0.4, -0.2) is 23.7 Å². The summed E-state index contributed by atoms with van der Waals surface area (Å²) >= 11 is 0. The van der Waals surface area contributed by atoms with Crippen LogP contribution in [0.1, 0.15) is 13.8 Å². The molecular weight excluding hydrogens is 130 g/mol. The molecule has 0 aliphatic heterocycles. The minimum atomic E-state index is -0.931. The van der Waals surface area contributed by atoms with Gasteiger partial charge in [-0.15, -0.1) is 0 Å². The number of nitrogens with one attached hydrogen (secondary N) is 1. The van der Waals surface area contributed by atoms with E-state index in [4.69, 9.17) is 5.11 Å². The smallest absolute Gasteiger partial charge is 0.248 e. The van der Waals surface area contributed by atoms with Crippen LogP contribution >= 0.6 is 0 Å². The second-order valence-corrected chi connectivity index (χ2v) is 2.35. The van der Waals surface area contributed by atoms with Crippen LogP contribution in [0.3, 0.4) is 0 Å². The highest BCUT2D eigenvalue weighted by Gasteiger charge is 2.05. The maximum Gasteiger partial charge on any atom is 0.248 e. The molecule has 10 heavy (non-hydrogen) atoms. The Morgan fingerprint density at radius 1 is 1.80 bits per heavy atom. The van der Waals surface area contributed by atoms with E-state index in [1.165, 1.54) is 6.92 Å². The monoisotopic (exact) mass is 143 g/mol. The van der Waals surface area contributed by atoms with E-state index in [1.807, 2.05) is 6.92 Å². The van der Waals surface area contributed by atoms with E-state index >= 15 is 0 Å². The topological polar surface area (TPSA) is 49.3 Å². The Bertz CT molecular complexity index is 141. The van der Waals surface area contributed by atoms with Gasteiger partial charge in [-0.05, 0) is 13.8 Å². The third-order valence-electron chi connectivity index (χ3n) is 0.944. The molecule has 0 rings (SSSR count). The first-order chi connectivity index (χ1) is 4.54. The van der Waals surface area contributed by atoms with E-state index in [0.717, 1.165) is 5.57 Å². The predicted octanol–water partition coefficient (Wildman–Crippen LogP) is 0.0595. The molecule has 3 nitrogen and oxygen atoms in total. The first-order valence-electron chi connectivity index (χ1n) is 3.14. The summed E-state index contributed by atoms with van der Waals surface area (Å²) in [4.78, 5) is 10.6. The van der Waals surface area contributed by atoms with E-state index < -0.39 is 6.10 Å². The van der Waals surface area contributed by atoms with Gasteiger partial charge < -0.3 is 10.4 Å². The average Bonchev–Trinajstić information content (AvgIpc) is 1.82. The Hall–Kier alpha value is -0.830. The number of amides is 1. The summed E-state index contributed by atoms with van der Waals surface area (Å²) in [6.07, 6.45) is -0.931. The zero-order valence-corrected chi connectivity index (χ0v) is 6.35. The molecule has 1 atom stereocenters. The minimum absolute atomic E-state index is 0.358. The van der Waals surface area contributed by atoms with Crippen molar-refractivity contribution in [1.82, 2.24) is 5.32 Å². The second kappa shape index (κ2) is 4.06. The van der Waals surface area contributed by atoms with Crippen molar-refractivity contribution in [3.8, 4) is 0 Å². The molecule has 3 heteroatoms. The zero-order valence-electron chi connectivity index (χ0n) is 6.35. The molecule has 0 radical (unpaired) electrons. The van der Waals surface area contributed by atoms with Crippen molar-refractivity contribution in [3.05, 3.63) is 12.2 Å². The number of carbonyl (C=O) groups is 1. The second-order valence-electron chi connectivity index (χ2n) is 2.35. The van der Waals surface area contributed by atoms with Crippen LogP contribution in [0.15, 0.2) is 12.2 Å². The molecule has 0 spiro atoms. The van der Waals surface area contributed by atoms with E-state index in [9.17, 15) is 4.79 Å². The highest BCUT2D eigenvalue weighted by atomic mass is 16.3. The summed E-state index contributed by atoms with van der Waals surface area (Å²) in [5.41, 5.74) is 0.869. The van der Waals surface area contributed by atoms with Crippen LogP contribution in [0, 0.1) is 0 Å². The standard InChI is InChI=1S/C7H13NO2/c1-5(2)4-8-7(10)6(3)9/h6,9H,1,4H2,2-3H3,(H,8,10)/t6-/m1/s1. The lowest BCUT2D eigenvalue weighted by molar-refractivity contribution is -0.128. The number of hydrogen-bond donors (Lipinski definition) is 2. The predicted molar refractivity (Wildman–Crippen MR) is 39.5 cm³/mol. The summed E-state index contributed by atoms with van der Waals surface area (Å²) < 4.78 is 0. The van der Waals surface area contributed by atoms with Crippen molar-refractivity contribution in [3.63, 3.8) is 0 Å². The van der Waals surface area contributed by atoms with Gasteiger partial charge in [0.2, 0.25) is 5.91 Å². The van der Waals surface area contributed by atoms with Crippen LogP contribution < -0.4 is 5.32 Å². The fourth-order valence-electron chi connectivity index (χ4n) is 0.386. The molecule has 0 bridgehead atoms. The average molecular weight is 143 g/mol. The van der Waals surface area contributed by atoms with E-state index in [-0.39, 0.29) is 5.91 Å². The van der Waals surface area contributed by atoms with Crippen LogP contribution in [0.25, 0.3) is 0 Å². The Morgan fingerprint density at radius 2 is 2.30 bits per heavy atom. The maximum absolute atomic E-state index is 10.6. The molecule has 0 heterocycles. The number of carbonyl (C=O) groups excluding carboxylic acids is 1. The van der Waals surface area contributed by atoms with Crippen LogP contribution in [0.5, 0.6) is 0 Å². The molecule has 1 amide bonds. The van der Waals surface area contributed by atoms with E-state index in [2.05, 4.69) is 11.9 Å². The molecular formula is C7H13NO2. The van der Waals surface area contributed by atoms with Gasteiger partial charge in [0.05, 0.1) is 0 Å². The number of rotatable bonds is 3. The van der Waals surface area contributed by atoms with Crippen LogP contribution in [0.4, 0.5) is 0 Å². The Kier molecular flexibility index (Phi) is 3.72. The van der Waals surface area contributed by atoms with Crippen molar-refractivity contribution in [2.45, 2.75) is 20.0 Å². The highest BCUT2D eigenvalue weighted by molar-refractivity contribution is 5.80. The van der Waals surface area contributed by atoms with Crippen molar-refractivity contribution in [2.24, 2.45) is 0 Å². The van der Waals surface area contributed by atoms with Crippen molar-refractivity contribution < 1.29 is 9.90 Å². The third-order valence-corrected chi connectivity index (χ3v) is 0.944. The molecule has 0 saturated carbocycles. The summed E-state index contributed by atoms with van der Waals surface area (Å²) in [5, 5.41) is 11.2. The molecule has 0 aliphatic carbocycles. The van der Waals surface area contributed by atoms with Gasteiger partial charge in [-0.25, -0.2) is 0 Å². The van der Waals surface area contributed by atoms with Gasteiger partial charge in [0.25, 0.3) is 0 Å². The van der Waals surface area contributed by atoms with E-state index in [1.54, 1.807) is 0 Å². The Morgan fingerprint density at radius 3 is 2.60 bits per heavy atom. The lowest BCUT2D eigenvalue weighted by Gasteiger charge is -2.05. The molecule has 0 aromatic carbocycles. The Labute approximate surface area is 60.7 Å². The maximum atomic E-state index is 10.6. The quantitative estimate of drug-likeness (QED) is 0.549. The summed E-state index contributed by atoms with van der Waals surface area (Å²) in [6.45, 7) is 7.26. The zero-order chi connectivity index (χ0) is 8.15. The largest absolute Gasteiger partial charge is 0.384 e. The lowest BCUT2D eigenvalue weighted by atomic mass is 10.3. The molecule has 58 valence electrons. The van der Waals surface area contributed by atoms with Crippen molar-refractivity contribution in [1.29, 1.82) is 0 Å². The first kappa shape index (κ1) is 9.17. The molecule has 0 fully saturated rings. The molecule has 0 aromatic heterocycles. The Balaban J connectivity index is 3.50. The SMILES string of the molecule is C=C(C)CNC(=O)[C@@H](C)O. The summed E-state index contributed by atoms with van der Waals surface area (Å²) in [5.74, 6) is -0.358. The van der Waals surface area contributed by atoms with Gasteiger partial charge in [0.15, 0.2) is 0 Å². The fourth-order valence-corrected chi connectivity index (χ4v) is 0.386. The number of aliphatic hydroxyl groups excluding tert-OH is 1. The van der Waals surface area contributed by atoms with E-state index in [0.29, 0.717) is 6.54 Å².